The molecule has 0 unspecified atom stereocenters. The molecular weight excluding hydrogens is 316 g/mol. The molecule has 0 radical (unpaired) electrons. The summed E-state index contributed by atoms with van der Waals surface area (Å²) in [5.41, 5.74) is 3.48. The van der Waals surface area contributed by atoms with Crippen molar-refractivity contribution in [2.75, 3.05) is 0 Å². The molecule has 120 valence electrons. The molecule has 4 rings (SSSR count). The molecule has 3 nitrogen and oxygen atoms in total. The van der Waals surface area contributed by atoms with Crippen molar-refractivity contribution in [1.82, 2.24) is 9.13 Å². The van der Waals surface area contributed by atoms with E-state index in [9.17, 15) is 4.79 Å². The summed E-state index contributed by atoms with van der Waals surface area (Å²) >= 11 is 1.68. The van der Waals surface area contributed by atoms with Crippen LogP contribution in [0.1, 0.15) is 28.7 Å². The number of aromatic nitrogens is 2. The van der Waals surface area contributed by atoms with E-state index in [0.717, 1.165) is 44.6 Å². The molecule has 4 aromatic rings. The fraction of sp³-hybridized carbons (Fsp3) is 0.150. The maximum atomic E-state index is 13.4. The minimum Gasteiger partial charge on any atom is -0.330 e. The van der Waals surface area contributed by atoms with E-state index in [1.54, 1.807) is 17.5 Å². The van der Waals surface area contributed by atoms with Gasteiger partial charge in [0.25, 0.3) is 0 Å². The molecule has 3 aromatic heterocycles. The first-order chi connectivity index (χ1) is 11.7. The number of hydrogen-bond donors (Lipinski definition) is 0. The molecule has 0 aliphatic carbocycles. The fourth-order valence-corrected chi connectivity index (χ4v) is 4.48. The van der Waals surface area contributed by atoms with E-state index in [-0.39, 0.29) is 5.78 Å². The lowest BCUT2D eigenvalue weighted by Gasteiger charge is -2.07. The van der Waals surface area contributed by atoms with Crippen LogP contribution < -0.4 is 0 Å². The van der Waals surface area contributed by atoms with Crippen molar-refractivity contribution >= 4 is 44.4 Å². The average molecular weight is 334 g/mol. The minimum atomic E-state index is 0.0783. The van der Waals surface area contributed by atoms with Crippen LogP contribution in [0.3, 0.4) is 0 Å². The van der Waals surface area contributed by atoms with Crippen molar-refractivity contribution in [3.63, 3.8) is 0 Å². The summed E-state index contributed by atoms with van der Waals surface area (Å²) in [6.07, 6.45) is 1.77. The zero-order valence-electron chi connectivity index (χ0n) is 13.7. The van der Waals surface area contributed by atoms with Crippen molar-refractivity contribution in [1.29, 1.82) is 0 Å². The molecule has 0 saturated heterocycles. The van der Waals surface area contributed by atoms with Crippen LogP contribution in [0.25, 0.3) is 27.3 Å². The van der Waals surface area contributed by atoms with Gasteiger partial charge in [-0.15, -0.1) is 11.3 Å². The van der Waals surface area contributed by atoms with Crippen LogP contribution in [0.2, 0.25) is 0 Å². The number of carbonyl (C=O) groups excluding carboxylic acids is 1. The van der Waals surface area contributed by atoms with E-state index in [0.29, 0.717) is 0 Å². The largest absolute Gasteiger partial charge is 0.330 e. The maximum Gasteiger partial charge on any atom is 0.211 e. The van der Waals surface area contributed by atoms with E-state index in [1.165, 1.54) is 0 Å². The number of ketones is 1. The molecule has 24 heavy (non-hydrogen) atoms. The van der Waals surface area contributed by atoms with Gasteiger partial charge in [0.1, 0.15) is 4.83 Å². The predicted molar refractivity (Wildman–Crippen MR) is 102 cm³/mol. The quantitative estimate of drug-likeness (QED) is 0.464. The first-order valence-corrected chi connectivity index (χ1v) is 8.88. The third-order valence-corrected chi connectivity index (χ3v) is 5.57. The van der Waals surface area contributed by atoms with Gasteiger partial charge in [-0.1, -0.05) is 24.8 Å². The Hall–Kier alpha value is -2.59. The molecule has 0 amide bonds. The number of hydrogen-bond acceptors (Lipinski definition) is 2. The first kappa shape index (κ1) is 15.0. The minimum absolute atomic E-state index is 0.0783. The second-order valence-corrected chi connectivity index (χ2v) is 6.71. The lowest BCUT2D eigenvalue weighted by Crippen LogP contribution is -2.10. The van der Waals surface area contributed by atoms with Crippen molar-refractivity contribution in [2.45, 2.75) is 20.4 Å². The topological polar surface area (TPSA) is 26.9 Å². The van der Waals surface area contributed by atoms with E-state index < -0.39 is 0 Å². The van der Waals surface area contributed by atoms with Gasteiger partial charge in [0, 0.05) is 29.2 Å². The zero-order valence-corrected chi connectivity index (χ0v) is 14.6. The van der Waals surface area contributed by atoms with Crippen LogP contribution in [0.4, 0.5) is 0 Å². The summed E-state index contributed by atoms with van der Waals surface area (Å²) in [6.45, 7) is 8.74. The summed E-state index contributed by atoms with van der Waals surface area (Å²) < 4.78 is 4.10. The molecule has 0 atom stereocenters. The van der Waals surface area contributed by atoms with Gasteiger partial charge < -0.3 is 9.13 Å². The summed E-state index contributed by atoms with van der Waals surface area (Å²) in [6, 6.07) is 12.1. The van der Waals surface area contributed by atoms with Crippen LogP contribution in [0.5, 0.6) is 0 Å². The van der Waals surface area contributed by atoms with Gasteiger partial charge in [-0.2, -0.15) is 0 Å². The molecule has 0 bridgehead atoms. The Balaban J connectivity index is 2.00. The van der Waals surface area contributed by atoms with Crippen molar-refractivity contribution in [2.24, 2.45) is 0 Å². The number of carbonyl (C=O) groups is 1. The highest BCUT2D eigenvalue weighted by Gasteiger charge is 2.23. The van der Waals surface area contributed by atoms with Crippen molar-refractivity contribution in [3.05, 3.63) is 65.3 Å². The first-order valence-electron chi connectivity index (χ1n) is 8.00. The van der Waals surface area contributed by atoms with Crippen LogP contribution in [0.15, 0.2) is 48.4 Å². The lowest BCUT2D eigenvalue weighted by atomic mass is 10.0. The monoisotopic (exact) mass is 334 g/mol. The molecule has 0 N–H and O–H groups in total. The number of benzene rings is 1. The predicted octanol–water partition coefficient (Wildman–Crippen LogP) is 5.32. The lowest BCUT2D eigenvalue weighted by molar-refractivity contribution is 0.103. The molecule has 0 aliphatic heterocycles. The zero-order chi connectivity index (χ0) is 16.8. The van der Waals surface area contributed by atoms with Crippen molar-refractivity contribution < 1.29 is 4.79 Å². The number of para-hydroxylation sites is 1. The third kappa shape index (κ3) is 1.93. The fourth-order valence-electron chi connectivity index (χ4n) is 3.52. The second-order valence-electron chi connectivity index (χ2n) is 5.81. The summed E-state index contributed by atoms with van der Waals surface area (Å²) in [4.78, 5) is 14.6. The standard InChI is InChI=1S/C20H18N2OS/c1-4-21-13(3)18(15-8-6-7-9-16(15)21)19(23)17-12-14-10-11-24-20(14)22(17)5-2/h4,6-12H,1,5H2,2-3H3. The average Bonchev–Trinajstić information content (AvgIpc) is 3.24. The number of thiophene rings is 1. The highest BCUT2D eigenvalue weighted by Crippen LogP contribution is 2.31. The Morgan fingerprint density at radius 3 is 2.83 bits per heavy atom. The van der Waals surface area contributed by atoms with E-state index >= 15 is 0 Å². The van der Waals surface area contributed by atoms with Gasteiger partial charge >= 0.3 is 0 Å². The maximum absolute atomic E-state index is 13.4. The SMILES string of the molecule is C=Cn1c(C)c(C(=O)c2cc3ccsc3n2CC)c2ccccc21. The van der Waals surface area contributed by atoms with Crippen LogP contribution in [-0.4, -0.2) is 14.9 Å². The number of fused-ring (bicyclic) bond motifs is 2. The van der Waals surface area contributed by atoms with Crippen molar-refractivity contribution in [3.8, 4) is 0 Å². The second kappa shape index (κ2) is 5.49. The Labute approximate surface area is 144 Å². The number of aryl methyl sites for hydroxylation is 1. The highest BCUT2D eigenvalue weighted by atomic mass is 32.1. The molecule has 4 heteroatoms. The smallest absolute Gasteiger partial charge is 0.211 e. The summed E-state index contributed by atoms with van der Waals surface area (Å²) in [5, 5.41) is 4.18. The Bertz CT molecular complexity index is 1090. The molecule has 0 spiro atoms. The Morgan fingerprint density at radius 2 is 2.08 bits per heavy atom. The molecule has 0 saturated carbocycles. The van der Waals surface area contributed by atoms with Gasteiger partial charge in [-0.05, 0) is 37.4 Å². The van der Waals surface area contributed by atoms with E-state index in [4.69, 9.17) is 0 Å². The van der Waals surface area contributed by atoms with Gasteiger partial charge in [-0.25, -0.2) is 0 Å². The van der Waals surface area contributed by atoms with Gasteiger partial charge in [0.05, 0.1) is 16.8 Å². The summed E-state index contributed by atoms with van der Waals surface area (Å²) in [5.74, 6) is 0.0783. The van der Waals surface area contributed by atoms with E-state index in [1.807, 2.05) is 41.8 Å². The Kier molecular flexibility index (Phi) is 3.43. The molecule has 3 heterocycles. The molecule has 1 aromatic carbocycles. The van der Waals surface area contributed by atoms with E-state index in [2.05, 4.69) is 29.5 Å². The van der Waals surface area contributed by atoms with Gasteiger partial charge in [-0.3, -0.25) is 4.79 Å². The molecule has 0 fully saturated rings. The molecule has 0 aliphatic rings. The summed E-state index contributed by atoms with van der Waals surface area (Å²) in [7, 11) is 0. The van der Waals surface area contributed by atoms with Crippen LogP contribution in [-0.2, 0) is 6.54 Å². The number of rotatable bonds is 4. The molecular formula is C20H18N2OS. The number of nitrogens with zero attached hydrogens (tertiary/aromatic N) is 2. The van der Waals surface area contributed by atoms with Gasteiger partial charge in [0.15, 0.2) is 0 Å². The van der Waals surface area contributed by atoms with Crippen LogP contribution >= 0.6 is 11.3 Å². The normalized spacial score (nSPS) is 11.4. The highest BCUT2D eigenvalue weighted by molar-refractivity contribution is 7.16. The Morgan fingerprint density at radius 1 is 1.29 bits per heavy atom. The third-order valence-electron chi connectivity index (χ3n) is 4.62. The van der Waals surface area contributed by atoms with Crippen LogP contribution in [0, 0.1) is 6.92 Å². The van der Waals surface area contributed by atoms with Gasteiger partial charge in [0.2, 0.25) is 5.78 Å².